The van der Waals surface area contributed by atoms with E-state index < -0.39 is 24.5 Å². The standard InChI is InChI=1S/C21H19FN2O3S/c1-13-4-2-5-16(19(13)23)21(26)27-12-18(25)24-20(17-6-3-11-28-17)14-7-9-15(22)10-8-14/h2-11,20H,12,23H2,1H3,(H,24,25)/t20-/m0/s1. The Kier molecular flexibility index (Phi) is 6.06. The molecule has 1 aromatic heterocycles. The number of nitrogen functional groups attached to an aromatic ring is 1. The van der Waals surface area contributed by atoms with Crippen LogP contribution in [-0.2, 0) is 9.53 Å². The minimum absolute atomic E-state index is 0.223. The van der Waals surface area contributed by atoms with Gasteiger partial charge in [-0.3, -0.25) is 4.79 Å². The van der Waals surface area contributed by atoms with Gasteiger partial charge in [0.2, 0.25) is 0 Å². The summed E-state index contributed by atoms with van der Waals surface area (Å²) in [4.78, 5) is 25.5. The highest BCUT2D eigenvalue weighted by Gasteiger charge is 2.20. The predicted molar refractivity (Wildman–Crippen MR) is 107 cm³/mol. The van der Waals surface area contributed by atoms with Gasteiger partial charge in [-0.1, -0.05) is 30.3 Å². The van der Waals surface area contributed by atoms with Crippen LogP contribution in [0.3, 0.4) is 0 Å². The Morgan fingerprint density at radius 3 is 2.57 bits per heavy atom. The minimum Gasteiger partial charge on any atom is -0.452 e. The highest BCUT2D eigenvalue weighted by molar-refractivity contribution is 7.10. The van der Waals surface area contributed by atoms with Gasteiger partial charge in [0.15, 0.2) is 6.61 Å². The van der Waals surface area contributed by atoms with Gasteiger partial charge in [0.1, 0.15) is 5.82 Å². The fourth-order valence-corrected chi connectivity index (χ4v) is 3.50. The third kappa shape index (κ3) is 4.55. The summed E-state index contributed by atoms with van der Waals surface area (Å²) in [6.07, 6.45) is 0. The first-order valence-electron chi connectivity index (χ1n) is 8.56. The van der Waals surface area contributed by atoms with E-state index in [1.807, 2.05) is 17.5 Å². The van der Waals surface area contributed by atoms with E-state index in [9.17, 15) is 14.0 Å². The molecule has 7 heteroatoms. The van der Waals surface area contributed by atoms with Crippen LogP contribution in [0.2, 0.25) is 0 Å². The van der Waals surface area contributed by atoms with Crippen molar-refractivity contribution in [1.29, 1.82) is 0 Å². The maximum atomic E-state index is 13.2. The van der Waals surface area contributed by atoms with Crippen LogP contribution in [0.15, 0.2) is 60.0 Å². The van der Waals surface area contributed by atoms with Crippen molar-refractivity contribution in [3.05, 3.63) is 87.4 Å². The third-order valence-electron chi connectivity index (χ3n) is 4.21. The van der Waals surface area contributed by atoms with Gasteiger partial charge in [0.25, 0.3) is 5.91 Å². The van der Waals surface area contributed by atoms with E-state index in [0.29, 0.717) is 5.69 Å². The highest BCUT2D eigenvalue weighted by Crippen LogP contribution is 2.26. The zero-order chi connectivity index (χ0) is 20.1. The maximum absolute atomic E-state index is 13.2. The van der Waals surface area contributed by atoms with E-state index in [1.54, 1.807) is 37.3 Å². The second-order valence-corrected chi connectivity index (χ2v) is 7.16. The second-order valence-electron chi connectivity index (χ2n) is 6.18. The molecule has 2 aromatic carbocycles. The average molecular weight is 398 g/mol. The molecule has 0 saturated heterocycles. The van der Waals surface area contributed by atoms with Crippen LogP contribution in [0.1, 0.15) is 32.4 Å². The van der Waals surface area contributed by atoms with Crippen LogP contribution in [0.4, 0.5) is 10.1 Å². The number of anilines is 1. The van der Waals surface area contributed by atoms with Crippen LogP contribution in [-0.4, -0.2) is 18.5 Å². The molecule has 0 spiro atoms. The second kappa shape index (κ2) is 8.67. The van der Waals surface area contributed by atoms with Crippen molar-refractivity contribution in [2.45, 2.75) is 13.0 Å². The Bertz CT molecular complexity index is 972. The van der Waals surface area contributed by atoms with Crippen molar-refractivity contribution in [3.63, 3.8) is 0 Å². The lowest BCUT2D eigenvalue weighted by Gasteiger charge is -2.18. The van der Waals surface area contributed by atoms with Crippen molar-refractivity contribution in [2.24, 2.45) is 0 Å². The number of esters is 1. The van der Waals surface area contributed by atoms with Gasteiger partial charge < -0.3 is 15.8 Å². The number of amides is 1. The molecule has 0 unspecified atom stereocenters. The Balaban J connectivity index is 1.68. The fraction of sp³-hybridized carbons (Fsp3) is 0.143. The number of benzene rings is 2. The first-order chi connectivity index (χ1) is 13.5. The van der Waals surface area contributed by atoms with Gasteiger partial charge in [-0.15, -0.1) is 11.3 Å². The van der Waals surface area contributed by atoms with Crippen molar-refractivity contribution < 1.29 is 18.7 Å². The van der Waals surface area contributed by atoms with Gasteiger partial charge in [-0.2, -0.15) is 0 Å². The van der Waals surface area contributed by atoms with Crippen molar-refractivity contribution in [1.82, 2.24) is 5.32 Å². The summed E-state index contributed by atoms with van der Waals surface area (Å²) in [5, 5.41) is 4.72. The molecule has 1 amide bonds. The molecule has 0 saturated carbocycles. The minimum atomic E-state index is -0.661. The molecule has 28 heavy (non-hydrogen) atoms. The predicted octanol–water partition coefficient (Wildman–Crippen LogP) is 3.84. The van der Waals surface area contributed by atoms with Gasteiger partial charge >= 0.3 is 5.97 Å². The Morgan fingerprint density at radius 1 is 1.14 bits per heavy atom. The van der Waals surface area contributed by atoms with Crippen LogP contribution in [0.5, 0.6) is 0 Å². The number of halogens is 1. The Hall–Kier alpha value is -3.19. The van der Waals surface area contributed by atoms with E-state index in [1.165, 1.54) is 23.5 Å². The lowest BCUT2D eigenvalue weighted by molar-refractivity contribution is -0.124. The number of rotatable bonds is 6. The summed E-state index contributed by atoms with van der Waals surface area (Å²) < 4.78 is 18.3. The molecule has 0 aliphatic carbocycles. The monoisotopic (exact) mass is 398 g/mol. The Morgan fingerprint density at radius 2 is 1.89 bits per heavy atom. The van der Waals surface area contributed by atoms with Crippen LogP contribution in [0.25, 0.3) is 0 Å². The number of aryl methyl sites for hydroxylation is 1. The number of carbonyl (C=O) groups excluding carboxylic acids is 2. The molecule has 3 aromatic rings. The zero-order valence-corrected chi connectivity index (χ0v) is 16.0. The van der Waals surface area contributed by atoms with E-state index in [4.69, 9.17) is 10.5 Å². The molecule has 0 fully saturated rings. The topological polar surface area (TPSA) is 81.4 Å². The summed E-state index contributed by atoms with van der Waals surface area (Å²) in [5.74, 6) is -1.49. The maximum Gasteiger partial charge on any atom is 0.340 e. The average Bonchev–Trinajstić information content (AvgIpc) is 3.21. The number of thiophene rings is 1. The summed E-state index contributed by atoms with van der Waals surface area (Å²) in [7, 11) is 0. The largest absolute Gasteiger partial charge is 0.452 e. The molecule has 0 aliphatic heterocycles. The molecule has 3 rings (SSSR count). The number of nitrogens with two attached hydrogens (primary N) is 1. The molecule has 3 N–H and O–H groups in total. The SMILES string of the molecule is Cc1cccc(C(=O)OCC(=O)N[C@@H](c2ccc(F)cc2)c2cccs2)c1N. The first-order valence-corrected chi connectivity index (χ1v) is 9.44. The fourth-order valence-electron chi connectivity index (χ4n) is 2.70. The van der Waals surface area contributed by atoms with E-state index >= 15 is 0 Å². The van der Waals surface area contributed by atoms with Crippen LogP contribution >= 0.6 is 11.3 Å². The molecule has 5 nitrogen and oxygen atoms in total. The molecular formula is C21H19FN2O3S. The quantitative estimate of drug-likeness (QED) is 0.488. The molecule has 0 bridgehead atoms. The van der Waals surface area contributed by atoms with E-state index in [0.717, 1.165) is 16.0 Å². The summed E-state index contributed by atoms with van der Waals surface area (Å²) in [5.41, 5.74) is 7.93. The van der Waals surface area contributed by atoms with Gasteiger partial charge in [-0.05, 0) is 47.7 Å². The highest BCUT2D eigenvalue weighted by atomic mass is 32.1. The number of carbonyl (C=O) groups is 2. The van der Waals surface area contributed by atoms with Crippen molar-refractivity contribution in [3.8, 4) is 0 Å². The molecule has 144 valence electrons. The smallest absolute Gasteiger partial charge is 0.340 e. The number of hydrogen-bond acceptors (Lipinski definition) is 5. The van der Waals surface area contributed by atoms with E-state index in [-0.39, 0.29) is 11.4 Å². The summed E-state index contributed by atoms with van der Waals surface area (Å²) in [6, 6.07) is 14.2. The summed E-state index contributed by atoms with van der Waals surface area (Å²) in [6.45, 7) is 1.34. The molecular weight excluding hydrogens is 379 g/mol. The summed E-state index contributed by atoms with van der Waals surface area (Å²) >= 11 is 1.46. The molecule has 1 atom stereocenters. The van der Waals surface area contributed by atoms with Gasteiger partial charge in [0.05, 0.1) is 11.6 Å². The van der Waals surface area contributed by atoms with Gasteiger partial charge in [-0.25, -0.2) is 9.18 Å². The van der Waals surface area contributed by atoms with Gasteiger partial charge in [0, 0.05) is 10.6 Å². The number of para-hydroxylation sites is 1. The molecule has 0 radical (unpaired) electrons. The van der Waals surface area contributed by atoms with Crippen LogP contribution < -0.4 is 11.1 Å². The van der Waals surface area contributed by atoms with Crippen LogP contribution in [0, 0.1) is 12.7 Å². The van der Waals surface area contributed by atoms with Crippen molar-refractivity contribution in [2.75, 3.05) is 12.3 Å². The number of nitrogens with one attached hydrogen (secondary N) is 1. The molecule has 1 heterocycles. The lowest BCUT2D eigenvalue weighted by atomic mass is 10.1. The zero-order valence-electron chi connectivity index (χ0n) is 15.1. The van der Waals surface area contributed by atoms with Crippen molar-refractivity contribution >= 4 is 28.9 Å². The third-order valence-corrected chi connectivity index (χ3v) is 5.15. The molecule has 0 aliphatic rings. The lowest BCUT2D eigenvalue weighted by Crippen LogP contribution is -2.32. The Labute approximate surface area is 166 Å². The first kappa shape index (κ1) is 19.6. The normalized spacial score (nSPS) is 11.6. The number of ether oxygens (including phenoxy) is 1. The van der Waals surface area contributed by atoms with E-state index in [2.05, 4.69) is 5.32 Å². The number of hydrogen-bond donors (Lipinski definition) is 2.